The number of ether oxygens (including phenoxy) is 1. The number of carbonyl (C=O) groups excluding carboxylic acids is 1. The van der Waals surface area contributed by atoms with E-state index >= 15 is 0 Å². The Morgan fingerprint density at radius 1 is 1.09 bits per heavy atom. The van der Waals surface area contributed by atoms with E-state index in [0.717, 1.165) is 50.0 Å². The molecular weight excluding hydrogens is 585 g/mol. The van der Waals surface area contributed by atoms with Crippen molar-refractivity contribution in [2.24, 2.45) is 0 Å². The van der Waals surface area contributed by atoms with Crippen LogP contribution in [0, 0.1) is 0 Å². The fourth-order valence-electron chi connectivity index (χ4n) is 6.29. The Bertz CT molecular complexity index is 1680. The Kier molecular flexibility index (Phi) is 8.80. The van der Waals surface area contributed by atoms with Crippen LogP contribution in [0.25, 0.3) is 11.0 Å². The lowest BCUT2D eigenvalue weighted by Crippen LogP contribution is -2.45. The average Bonchev–Trinajstić information content (AvgIpc) is 3.46. The van der Waals surface area contributed by atoms with E-state index in [9.17, 15) is 23.1 Å². The van der Waals surface area contributed by atoms with Crippen molar-refractivity contribution in [3.63, 3.8) is 0 Å². The topological polar surface area (TPSA) is 97.8 Å². The normalized spacial score (nSPS) is 17.9. The van der Waals surface area contributed by atoms with Gasteiger partial charge in [-0.25, -0.2) is 4.98 Å². The highest BCUT2D eigenvalue weighted by Crippen LogP contribution is 2.35. The number of fused-ring (bicyclic) bond motifs is 2. The van der Waals surface area contributed by atoms with E-state index in [-0.39, 0.29) is 43.5 Å². The first-order chi connectivity index (χ1) is 21.6. The highest BCUT2D eigenvalue weighted by molar-refractivity contribution is 5.83. The molecule has 45 heavy (non-hydrogen) atoms. The van der Waals surface area contributed by atoms with Gasteiger partial charge in [-0.2, -0.15) is 13.2 Å². The minimum atomic E-state index is -4.51. The van der Waals surface area contributed by atoms with Gasteiger partial charge in [-0.3, -0.25) is 14.7 Å². The van der Waals surface area contributed by atoms with Gasteiger partial charge in [-0.05, 0) is 47.5 Å². The monoisotopic (exact) mass is 622 g/mol. The number of nitrogens with zero attached hydrogens (tertiary/aromatic N) is 5. The lowest BCUT2D eigenvalue weighted by Gasteiger charge is -2.34. The predicted octanol–water partition coefficient (Wildman–Crippen LogP) is 5.09. The molecule has 2 N–H and O–H groups in total. The molecule has 1 saturated heterocycles. The first-order valence-corrected chi connectivity index (χ1v) is 15.3. The summed E-state index contributed by atoms with van der Waals surface area (Å²) in [5, 5.41) is 10.2. The molecular formula is C33H37F3N6O3. The Balaban J connectivity index is 1.16. The van der Waals surface area contributed by atoms with E-state index in [1.165, 1.54) is 6.07 Å². The number of halogens is 3. The van der Waals surface area contributed by atoms with Crippen molar-refractivity contribution in [2.45, 2.75) is 52.1 Å². The van der Waals surface area contributed by atoms with Crippen LogP contribution in [0.15, 0.2) is 48.8 Å². The Morgan fingerprint density at radius 2 is 1.87 bits per heavy atom. The quantitative estimate of drug-likeness (QED) is 0.283. The van der Waals surface area contributed by atoms with Crippen LogP contribution in [0.4, 0.5) is 13.2 Å². The molecule has 1 atom stereocenters. The van der Waals surface area contributed by atoms with Gasteiger partial charge in [0.1, 0.15) is 17.1 Å². The third-order valence-corrected chi connectivity index (χ3v) is 8.74. The van der Waals surface area contributed by atoms with E-state index in [1.54, 1.807) is 35.5 Å². The zero-order chi connectivity index (χ0) is 31.7. The number of hydrogen-bond acceptors (Lipinski definition) is 7. The summed E-state index contributed by atoms with van der Waals surface area (Å²) < 4.78 is 48.6. The molecule has 0 spiro atoms. The summed E-state index contributed by atoms with van der Waals surface area (Å²) in [5.41, 5.74) is 2.79. The third kappa shape index (κ3) is 6.82. The molecule has 0 aliphatic carbocycles. The van der Waals surface area contributed by atoms with E-state index in [0.29, 0.717) is 40.3 Å². The lowest BCUT2D eigenvalue weighted by atomic mass is 9.95. The first-order valence-electron chi connectivity index (χ1n) is 15.3. The maximum absolute atomic E-state index is 14.2. The van der Waals surface area contributed by atoms with Gasteiger partial charge in [0.15, 0.2) is 0 Å². The SMILES string of the molecule is CCN1CCN(Cc2ccc(CC(=O)N3Cc4cc(Oc5ccnc6[nH]c(CO)cc56)cnc4[C@@H](C)C3)cc2C(F)(F)F)CC1. The number of carbonyl (C=O) groups is 1. The van der Waals surface area contributed by atoms with Gasteiger partial charge in [-0.15, -0.1) is 0 Å². The number of likely N-dealkylation sites (N-methyl/N-ethyl adjacent to an activating group) is 1. The Labute approximate surface area is 259 Å². The van der Waals surface area contributed by atoms with Crippen molar-refractivity contribution in [3.8, 4) is 11.5 Å². The molecule has 12 heteroatoms. The molecule has 3 aromatic heterocycles. The van der Waals surface area contributed by atoms with Gasteiger partial charge >= 0.3 is 6.18 Å². The number of piperazine rings is 1. The molecule has 0 unspecified atom stereocenters. The van der Waals surface area contributed by atoms with Crippen LogP contribution in [-0.4, -0.2) is 79.9 Å². The number of aliphatic hydroxyl groups is 1. The molecule has 5 heterocycles. The zero-order valence-electron chi connectivity index (χ0n) is 25.4. The number of aliphatic hydroxyl groups excluding tert-OH is 1. The predicted molar refractivity (Wildman–Crippen MR) is 163 cm³/mol. The average molecular weight is 623 g/mol. The number of aromatic amines is 1. The zero-order valence-corrected chi connectivity index (χ0v) is 25.4. The maximum Gasteiger partial charge on any atom is 0.416 e. The molecule has 0 radical (unpaired) electrons. The van der Waals surface area contributed by atoms with E-state index in [4.69, 9.17) is 4.74 Å². The number of benzene rings is 1. The standard InChI is InChI=1S/C33H37F3N6O3/c1-3-40-8-10-41(11-9-40)18-23-5-4-22(12-28(23)33(34,35)36)13-30(44)42-17-21(2)31-24(19-42)14-26(16-38-31)45-29-6-7-37-32-27(29)15-25(20-43)39-32/h4-7,12,14-16,21,43H,3,8-11,13,17-20H2,1-2H3,(H,37,39)/t21-/m0/s1. The second kappa shape index (κ2) is 12.8. The summed E-state index contributed by atoms with van der Waals surface area (Å²) >= 11 is 0. The molecule has 4 aromatic rings. The van der Waals surface area contributed by atoms with Crippen molar-refractivity contribution in [1.29, 1.82) is 0 Å². The van der Waals surface area contributed by atoms with Crippen molar-refractivity contribution < 1.29 is 27.8 Å². The van der Waals surface area contributed by atoms with E-state index in [2.05, 4.69) is 31.7 Å². The minimum Gasteiger partial charge on any atom is -0.455 e. The van der Waals surface area contributed by atoms with Gasteiger partial charge < -0.3 is 24.6 Å². The molecule has 1 aromatic carbocycles. The molecule has 6 rings (SSSR count). The largest absolute Gasteiger partial charge is 0.455 e. The lowest BCUT2D eigenvalue weighted by molar-refractivity contribution is -0.138. The van der Waals surface area contributed by atoms with Gasteiger partial charge in [0.2, 0.25) is 5.91 Å². The Morgan fingerprint density at radius 3 is 2.60 bits per heavy atom. The van der Waals surface area contributed by atoms with Crippen LogP contribution in [0.1, 0.15) is 53.4 Å². The smallest absolute Gasteiger partial charge is 0.416 e. The summed E-state index contributed by atoms with van der Waals surface area (Å²) in [7, 11) is 0. The van der Waals surface area contributed by atoms with Gasteiger partial charge in [0.05, 0.1) is 35.9 Å². The second-order valence-electron chi connectivity index (χ2n) is 11.9. The summed E-state index contributed by atoms with van der Waals surface area (Å²) in [6.07, 6.45) is -1.39. The molecule has 2 aliphatic rings. The van der Waals surface area contributed by atoms with Crippen LogP contribution in [0.5, 0.6) is 11.5 Å². The van der Waals surface area contributed by atoms with Crippen LogP contribution >= 0.6 is 0 Å². The van der Waals surface area contributed by atoms with Gasteiger partial charge in [0.25, 0.3) is 0 Å². The summed E-state index contributed by atoms with van der Waals surface area (Å²) in [4.78, 5) is 31.4. The van der Waals surface area contributed by atoms with Gasteiger partial charge in [-0.1, -0.05) is 26.0 Å². The molecule has 9 nitrogen and oxygen atoms in total. The minimum absolute atomic E-state index is 0.0579. The highest BCUT2D eigenvalue weighted by atomic mass is 19.4. The fourth-order valence-corrected chi connectivity index (χ4v) is 6.29. The van der Waals surface area contributed by atoms with Crippen molar-refractivity contribution in [2.75, 3.05) is 39.3 Å². The van der Waals surface area contributed by atoms with Crippen molar-refractivity contribution >= 4 is 16.9 Å². The number of amides is 1. The van der Waals surface area contributed by atoms with Crippen molar-refractivity contribution in [3.05, 3.63) is 82.4 Å². The second-order valence-corrected chi connectivity index (χ2v) is 11.9. The molecule has 238 valence electrons. The van der Waals surface area contributed by atoms with Crippen molar-refractivity contribution in [1.82, 2.24) is 29.7 Å². The van der Waals surface area contributed by atoms with Crippen LogP contribution in [0.2, 0.25) is 0 Å². The number of aromatic nitrogens is 3. The van der Waals surface area contributed by atoms with Crippen LogP contribution in [0.3, 0.4) is 0 Å². The summed E-state index contributed by atoms with van der Waals surface area (Å²) in [6, 6.07) is 9.67. The molecule has 0 bridgehead atoms. The fraction of sp³-hybridized carbons (Fsp3) is 0.424. The third-order valence-electron chi connectivity index (χ3n) is 8.74. The summed E-state index contributed by atoms with van der Waals surface area (Å²) in [6.45, 7) is 8.92. The molecule has 1 amide bonds. The Hall–Kier alpha value is -4.00. The summed E-state index contributed by atoms with van der Waals surface area (Å²) in [5.74, 6) is 0.727. The maximum atomic E-state index is 14.2. The number of rotatable bonds is 8. The first kappa shape index (κ1) is 31.0. The number of pyridine rings is 2. The number of H-pyrrole nitrogens is 1. The number of nitrogens with one attached hydrogen (secondary N) is 1. The number of hydrogen-bond donors (Lipinski definition) is 2. The van der Waals surface area contributed by atoms with Crippen LogP contribution in [-0.2, 0) is 37.1 Å². The highest BCUT2D eigenvalue weighted by Gasteiger charge is 2.35. The van der Waals surface area contributed by atoms with Crippen LogP contribution < -0.4 is 4.74 Å². The molecule has 2 aliphatic heterocycles. The molecule has 0 saturated carbocycles. The van der Waals surface area contributed by atoms with E-state index < -0.39 is 11.7 Å². The number of alkyl halides is 3. The molecule has 1 fully saturated rings. The van der Waals surface area contributed by atoms with Gasteiger partial charge in [0, 0.05) is 63.6 Å². The van der Waals surface area contributed by atoms with E-state index in [1.807, 2.05) is 13.0 Å².